The van der Waals surface area contributed by atoms with Crippen molar-refractivity contribution >= 4 is 29.0 Å². The molecule has 0 aliphatic carbocycles. The van der Waals surface area contributed by atoms with Crippen molar-refractivity contribution in [3.63, 3.8) is 0 Å². The van der Waals surface area contributed by atoms with E-state index in [2.05, 4.69) is 35.6 Å². The van der Waals surface area contributed by atoms with E-state index >= 15 is 0 Å². The van der Waals surface area contributed by atoms with E-state index in [4.69, 9.17) is 11.6 Å². The van der Waals surface area contributed by atoms with Crippen LogP contribution >= 0.6 is 11.6 Å². The summed E-state index contributed by atoms with van der Waals surface area (Å²) in [6.45, 7) is 3.91. The molecule has 0 atom stereocenters. The number of hydrogen-bond donors (Lipinski definition) is 1. The molecule has 4 rings (SSSR count). The molecule has 0 unspecified atom stereocenters. The number of rotatable bonds is 4. The summed E-state index contributed by atoms with van der Waals surface area (Å²) in [6.07, 6.45) is 2.41. The van der Waals surface area contributed by atoms with Crippen molar-refractivity contribution in [2.75, 3.05) is 5.32 Å². The first-order valence-corrected chi connectivity index (χ1v) is 8.47. The largest absolute Gasteiger partial charge is 0.324 e. The Morgan fingerprint density at radius 2 is 1.88 bits per heavy atom. The van der Waals surface area contributed by atoms with Gasteiger partial charge in [-0.2, -0.15) is 9.50 Å². The van der Waals surface area contributed by atoms with E-state index in [9.17, 15) is 0 Å². The number of nitrogens with zero attached hydrogens (tertiary/aromatic N) is 7. The maximum atomic E-state index is 5.91. The second-order valence-corrected chi connectivity index (χ2v) is 6.06. The number of benzene rings is 1. The van der Waals surface area contributed by atoms with E-state index in [-0.39, 0.29) is 0 Å². The smallest absolute Gasteiger partial charge is 0.272 e. The van der Waals surface area contributed by atoms with Crippen LogP contribution in [0.2, 0.25) is 5.02 Å². The SMILES string of the molecule is CCc1nc2nnc(-c3ccnc(Nc4ccc(Cl)cc4)n3)c(C)n2n1. The van der Waals surface area contributed by atoms with Crippen LogP contribution in [0.3, 0.4) is 0 Å². The highest BCUT2D eigenvalue weighted by atomic mass is 35.5. The van der Waals surface area contributed by atoms with E-state index in [0.717, 1.165) is 23.6 Å². The summed E-state index contributed by atoms with van der Waals surface area (Å²) in [5.74, 6) is 1.67. The van der Waals surface area contributed by atoms with Gasteiger partial charge < -0.3 is 5.32 Å². The average Bonchev–Trinajstić information content (AvgIpc) is 3.09. The molecule has 0 amide bonds. The number of aryl methyl sites for hydroxylation is 2. The highest BCUT2D eigenvalue weighted by Gasteiger charge is 2.14. The number of nitrogens with one attached hydrogen (secondary N) is 1. The summed E-state index contributed by atoms with van der Waals surface area (Å²) in [5, 5.41) is 16.7. The summed E-state index contributed by atoms with van der Waals surface area (Å²) < 4.78 is 1.69. The van der Waals surface area contributed by atoms with Gasteiger partial charge in [-0.05, 0) is 37.3 Å². The van der Waals surface area contributed by atoms with Gasteiger partial charge in [-0.1, -0.05) is 18.5 Å². The monoisotopic (exact) mass is 366 g/mol. The first-order chi connectivity index (χ1) is 12.6. The van der Waals surface area contributed by atoms with Gasteiger partial charge in [-0.3, -0.25) is 0 Å². The zero-order valence-corrected chi connectivity index (χ0v) is 14.9. The van der Waals surface area contributed by atoms with Gasteiger partial charge in [0.1, 0.15) is 5.69 Å². The van der Waals surface area contributed by atoms with Crippen molar-refractivity contribution in [1.82, 2.24) is 34.8 Å². The van der Waals surface area contributed by atoms with Gasteiger partial charge in [-0.25, -0.2) is 9.97 Å². The molecule has 9 heteroatoms. The number of fused-ring (bicyclic) bond motifs is 1. The van der Waals surface area contributed by atoms with Gasteiger partial charge >= 0.3 is 0 Å². The molecule has 8 nitrogen and oxygen atoms in total. The third kappa shape index (κ3) is 3.06. The standard InChI is InChI=1S/C17H15ClN8/c1-3-14-22-17-24-23-15(10(2)26(17)25-14)13-8-9-19-16(21-13)20-12-6-4-11(18)5-7-12/h4-9H,3H2,1-2H3,(H,19,20,21). The van der Waals surface area contributed by atoms with Gasteiger partial charge in [0.2, 0.25) is 5.95 Å². The topological polar surface area (TPSA) is 93.8 Å². The Morgan fingerprint density at radius 1 is 1.08 bits per heavy atom. The lowest BCUT2D eigenvalue weighted by atomic mass is 10.2. The molecule has 0 fully saturated rings. The van der Waals surface area contributed by atoms with Gasteiger partial charge in [-0.15, -0.1) is 15.3 Å². The minimum Gasteiger partial charge on any atom is -0.324 e. The van der Waals surface area contributed by atoms with Crippen LogP contribution in [-0.4, -0.2) is 34.8 Å². The van der Waals surface area contributed by atoms with E-state index in [1.165, 1.54) is 0 Å². The maximum absolute atomic E-state index is 5.91. The first-order valence-electron chi connectivity index (χ1n) is 8.09. The minimum atomic E-state index is 0.457. The van der Waals surface area contributed by atoms with Crippen LogP contribution < -0.4 is 5.32 Å². The van der Waals surface area contributed by atoms with Crippen molar-refractivity contribution in [1.29, 1.82) is 0 Å². The third-order valence-electron chi connectivity index (χ3n) is 3.85. The molecule has 26 heavy (non-hydrogen) atoms. The number of anilines is 2. The van der Waals surface area contributed by atoms with Crippen LogP contribution in [0.25, 0.3) is 17.2 Å². The predicted molar refractivity (Wildman–Crippen MR) is 98.5 cm³/mol. The van der Waals surface area contributed by atoms with Gasteiger partial charge in [0.05, 0.1) is 11.4 Å². The Bertz CT molecular complexity index is 1070. The second-order valence-electron chi connectivity index (χ2n) is 5.62. The summed E-state index contributed by atoms with van der Waals surface area (Å²) >= 11 is 5.91. The second kappa shape index (κ2) is 6.64. The fraction of sp³-hybridized carbons (Fsp3) is 0.176. The zero-order chi connectivity index (χ0) is 18.1. The highest BCUT2D eigenvalue weighted by molar-refractivity contribution is 6.30. The van der Waals surface area contributed by atoms with Gasteiger partial charge in [0.15, 0.2) is 5.82 Å². The lowest BCUT2D eigenvalue weighted by Gasteiger charge is -2.08. The van der Waals surface area contributed by atoms with Crippen molar-refractivity contribution in [2.45, 2.75) is 20.3 Å². The molecule has 1 aromatic carbocycles. The summed E-state index contributed by atoms with van der Waals surface area (Å²) in [6, 6.07) is 9.10. The molecule has 3 heterocycles. The number of hydrogen-bond acceptors (Lipinski definition) is 7. The van der Waals surface area contributed by atoms with Crippen LogP contribution in [-0.2, 0) is 6.42 Å². The molecule has 0 bridgehead atoms. The van der Waals surface area contributed by atoms with Crippen molar-refractivity contribution in [2.24, 2.45) is 0 Å². The predicted octanol–water partition coefficient (Wildman–Crippen LogP) is 3.24. The van der Waals surface area contributed by atoms with E-state index in [1.807, 2.05) is 26.0 Å². The van der Waals surface area contributed by atoms with Crippen LogP contribution in [0.1, 0.15) is 18.4 Å². The fourth-order valence-electron chi connectivity index (χ4n) is 2.50. The van der Waals surface area contributed by atoms with Crippen molar-refractivity contribution in [3.8, 4) is 11.4 Å². The molecule has 0 aliphatic heterocycles. The van der Waals surface area contributed by atoms with Crippen LogP contribution in [0.15, 0.2) is 36.5 Å². The summed E-state index contributed by atoms with van der Waals surface area (Å²) in [4.78, 5) is 13.1. The average molecular weight is 367 g/mol. The van der Waals surface area contributed by atoms with E-state index in [0.29, 0.717) is 28.1 Å². The van der Waals surface area contributed by atoms with Crippen LogP contribution in [0.5, 0.6) is 0 Å². The minimum absolute atomic E-state index is 0.457. The Morgan fingerprint density at radius 3 is 2.65 bits per heavy atom. The van der Waals surface area contributed by atoms with Crippen molar-refractivity contribution < 1.29 is 0 Å². The van der Waals surface area contributed by atoms with Crippen LogP contribution in [0.4, 0.5) is 11.6 Å². The molecule has 0 saturated heterocycles. The molecule has 3 aromatic heterocycles. The molecule has 4 aromatic rings. The molecular formula is C17H15ClN8. The summed E-state index contributed by atoms with van der Waals surface area (Å²) in [7, 11) is 0. The normalized spacial score (nSPS) is 11.0. The van der Waals surface area contributed by atoms with Crippen LogP contribution in [0, 0.1) is 6.92 Å². The molecule has 0 radical (unpaired) electrons. The number of aromatic nitrogens is 7. The maximum Gasteiger partial charge on any atom is 0.272 e. The fourth-order valence-corrected chi connectivity index (χ4v) is 2.63. The molecule has 0 saturated carbocycles. The molecule has 1 N–H and O–H groups in total. The first kappa shape index (κ1) is 16.3. The quantitative estimate of drug-likeness (QED) is 0.592. The van der Waals surface area contributed by atoms with Gasteiger partial charge in [0.25, 0.3) is 5.78 Å². The Kier molecular flexibility index (Phi) is 4.18. The van der Waals surface area contributed by atoms with E-state index < -0.39 is 0 Å². The summed E-state index contributed by atoms with van der Waals surface area (Å²) in [5.41, 5.74) is 2.94. The molecule has 0 spiro atoms. The molecule has 0 aliphatic rings. The Hall–Kier alpha value is -3.13. The lowest BCUT2D eigenvalue weighted by Crippen LogP contribution is -2.05. The highest BCUT2D eigenvalue weighted by Crippen LogP contribution is 2.21. The van der Waals surface area contributed by atoms with Crippen molar-refractivity contribution in [3.05, 3.63) is 53.1 Å². The lowest BCUT2D eigenvalue weighted by molar-refractivity contribution is 0.827. The number of halogens is 1. The molecular weight excluding hydrogens is 352 g/mol. The zero-order valence-electron chi connectivity index (χ0n) is 14.2. The molecule has 130 valence electrons. The van der Waals surface area contributed by atoms with Gasteiger partial charge in [0, 0.05) is 23.3 Å². The van der Waals surface area contributed by atoms with E-state index in [1.54, 1.807) is 28.9 Å². The third-order valence-corrected chi connectivity index (χ3v) is 4.10. The Labute approximate surface area is 154 Å². The Balaban J connectivity index is 1.70.